The molecule has 0 spiro atoms. The van der Waals surface area contributed by atoms with Crippen LogP contribution >= 0.6 is 0 Å². The summed E-state index contributed by atoms with van der Waals surface area (Å²) in [6.07, 6.45) is 3.04. The van der Waals surface area contributed by atoms with E-state index in [1.807, 2.05) is 6.92 Å². The summed E-state index contributed by atoms with van der Waals surface area (Å²) in [6.45, 7) is 7.55. The van der Waals surface area contributed by atoms with Crippen molar-refractivity contribution in [2.45, 2.75) is 33.6 Å². The topological polar surface area (TPSA) is 45.2 Å². The summed E-state index contributed by atoms with van der Waals surface area (Å²) >= 11 is 0. The predicted molar refractivity (Wildman–Crippen MR) is 79.4 cm³/mol. The monoisotopic (exact) mass is 281 g/mol. The van der Waals surface area contributed by atoms with Gasteiger partial charge in [0, 0.05) is 20.1 Å². The minimum atomic E-state index is -0.493. The molecule has 0 aliphatic heterocycles. The number of rotatable bonds is 7. The van der Waals surface area contributed by atoms with Crippen LogP contribution in [0, 0.1) is 11.7 Å². The van der Waals surface area contributed by atoms with Crippen LogP contribution in [0.5, 0.6) is 0 Å². The van der Waals surface area contributed by atoms with Crippen molar-refractivity contribution < 1.29 is 9.18 Å². The van der Waals surface area contributed by atoms with Gasteiger partial charge < -0.3 is 10.2 Å². The highest BCUT2D eigenvalue weighted by Gasteiger charge is 2.19. The molecule has 1 N–H and O–H groups in total. The van der Waals surface area contributed by atoms with E-state index in [-0.39, 0.29) is 5.91 Å². The Morgan fingerprint density at radius 2 is 2.20 bits per heavy atom. The van der Waals surface area contributed by atoms with Gasteiger partial charge in [0.15, 0.2) is 0 Å². The number of aromatic nitrogens is 1. The van der Waals surface area contributed by atoms with Crippen molar-refractivity contribution >= 4 is 11.7 Å². The molecule has 112 valence electrons. The zero-order valence-corrected chi connectivity index (χ0v) is 12.7. The van der Waals surface area contributed by atoms with E-state index in [1.165, 1.54) is 6.07 Å². The third kappa shape index (κ3) is 4.47. The van der Waals surface area contributed by atoms with Crippen LogP contribution < -0.4 is 5.32 Å². The van der Waals surface area contributed by atoms with Crippen LogP contribution in [-0.2, 0) is 0 Å². The van der Waals surface area contributed by atoms with Gasteiger partial charge in [0.25, 0.3) is 5.91 Å². The van der Waals surface area contributed by atoms with Crippen molar-refractivity contribution in [3.63, 3.8) is 0 Å². The summed E-state index contributed by atoms with van der Waals surface area (Å²) < 4.78 is 13.4. The van der Waals surface area contributed by atoms with Crippen molar-refractivity contribution in [1.29, 1.82) is 0 Å². The van der Waals surface area contributed by atoms with Crippen LogP contribution in [0.15, 0.2) is 12.3 Å². The number of halogens is 1. The Hall–Kier alpha value is -1.65. The Labute approximate surface area is 120 Å². The van der Waals surface area contributed by atoms with Gasteiger partial charge in [0.2, 0.25) is 0 Å². The molecule has 0 radical (unpaired) electrons. The second-order valence-electron chi connectivity index (χ2n) is 5.18. The fourth-order valence-electron chi connectivity index (χ4n) is 1.87. The highest BCUT2D eigenvalue weighted by Crippen LogP contribution is 2.17. The SMILES string of the molecule is CCCNc1ncc(F)cc1C(=O)N(C)CC(C)CC. The Morgan fingerprint density at radius 1 is 1.50 bits per heavy atom. The zero-order valence-electron chi connectivity index (χ0n) is 12.7. The molecule has 1 amide bonds. The molecule has 0 saturated heterocycles. The number of carbonyl (C=O) groups is 1. The third-order valence-corrected chi connectivity index (χ3v) is 3.26. The average molecular weight is 281 g/mol. The van der Waals surface area contributed by atoms with Crippen LogP contribution in [0.25, 0.3) is 0 Å². The molecule has 0 aliphatic rings. The van der Waals surface area contributed by atoms with Crippen LogP contribution in [0.2, 0.25) is 0 Å². The summed E-state index contributed by atoms with van der Waals surface area (Å²) in [5.41, 5.74) is 0.296. The maximum Gasteiger partial charge on any atom is 0.257 e. The standard InChI is InChI=1S/C15H24FN3O/c1-5-7-17-14-13(8-12(16)9-18-14)15(20)19(4)10-11(3)6-2/h8-9,11H,5-7,10H2,1-4H3,(H,17,18). The molecule has 0 bridgehead atoms. The molecule has 1 aromatic heterocycles. The smallest absolute Gasteiger partial charge is 0.257 e. The lowest BCUT2D eigenvalue weighted by Crippen LogP contribution is -2.31. The Balaban J connectivity index is 2.92. The van der Waals surface area contributed by atoms with Gasteiger partial charge in [-0.1, -0.05) is 27.2 Å². The van der Waals surface area contributed by atoms with Crippen LogP contribution in [0.1, 0.15) is 44.0 Å². The maximum absolute atomic E-state index is 13.4. The van der Waals surface area contributed by atoms with E-state index in [9.17, 15) is 9.18 Å². The Morgan fingerprint density at radius 3 is 2.80 bits per heavy atom. The minimum absolute atomic E-state index is 0.198. The van der Waals surface area contributed by atoms with Crippen molar-refractivity contribution in [2.24, 2.45) is 5.92 Å². The first-order valence-electron chi connectivity index (χ1n) is 7.14. The van der Waals surface area contributed by atoms with E-state index >= 15 is 0 Å². The lowest BCUT2D eigenvalue weighted by atomic mass is 10.1. The van der Waals surface area contributed by atoms with E-state index < -0.39 is 5.82 Å². The maximum atomic E-state index is 13.4. The van der Waals surface area contributed by atoms with E-state index in [0.29, 0.717) is 30.4 Å². The summed E-state index contributed by atoms with van der Waals surface area (Å²) in [4.78, 5) is 18.0. The van der Waals surface area contributed by atoms with Gasteiger partial charge in [-0.2, -0.15) is 0 Å². The van der Waals surface area contributed by atoms with Gasteiger partial charge in [-0.3, -0.25) is 4.79 Å². The van der Waals surface area contributed by atoms with Crippen LogP contribution in [0.3, 0.4) is 0 Å². The number of nitrogens with zero attached hydrogens (tertiary/aromatic N) is 2. The van der Waals surface area contributed by atoms with E-state index in [0.717, 1.165) is 19.0 Å². The number of hydrogen-bond donors (Lipinski definition) is 1. The molecular weight excluding hydrogens is 257 g/mol. The average Bonchev–Trinajstić information content (AvgIpc) is 2.44. The number of nitrogens with one attached hydrogen (secondary N) is 1. The third-order valence-electron chi connectivity index (χ3n) is 3.26. The van der Waals surface area contributed by atoms with Gasteiger partial charge in [-0.05, 0) is 18.4 Å². The minimum Gasteiger partial charge on any atom is -0.369 e. The first-order chi connectivity index (χ1) is 9.49. The molecule has 20 heavy (non-hydrogen) atoms. The molecule has 1 heterocycles. The summed E-state index contributed by atoms with van der Waals surface area (Å²) in [5, 5.41) is 3.07. The molecule has 4 nitrogen and oxygen atoms in total. The zero-order chi connectivity index (χ0) is 15.1. The highest BCUT2D eigenvalue weighted by molar-refractivity contribution is 5.98. The number of pyridine rings is 1. The molecule has 0 aromatic carbocycles. The molecule has 1 aromatic rings. The summed E-state index contributed by atoms with van der Waals surface area (Å²) in [6, 6.07) is 1.25. The van der Waals surface area contributed by atoms with Gasteiger partial charge in [0.1, 0.15) is 11.6 Å². The number of anilines is 1. The summed E-state index contributed by atoms with van der Waals surface area (Å²) in [5.74, 6) is 0.176. The Kier molecular flexibility index (Phi) is 6.42. The molecule has 1 atom stereocenters. The number of carbonyl (C=O) groups excluding carboxylic acids is 1. The van der Waals surface area contributed by atoms with E-state index in [1.54, 1.807) is 11.9 Å². The highest BCUT2D eigenvalue weighted by atomic mass is 19.1. The first kappa shape index (κ1) is 16.4. The molecule has 5 heteroatoms. The normalized spacial score (nSPS) is 12.1. The summed E-state index contributed by atoms with van der Waals surface area (Å²) in [7, 11) is 1.74. The second kappa shape index (κ2) is 7.82. The van der Waals surface area contributed by atoms with E-state index in [4.69, 9.17) is 0 Å². The quantitative estimate of drug-likeness (QED) is 0.835. The van der Waals surface area contributed by atoms with Crippen LogP contribution in [0.4, 0.5) is 10.2 Å². The van der Waals surface area contributed by atoms with Crippen molar-refractivity contribution in [3.05, 3.63) is 23.6 Å². The molecule has 1 rings (SSSR count). The van der Waals surface area contributed by atoms with Crippen molar-refractivity contribution in [1.82, 2.24) is 9.88 Å². The Bertz CT molecular complexity index is 451. The molecule has 0 aliphatic carbocycles. The molecule has 0 saturated carbocycles. The van der Waals surface area contributed by atoms with Gasteiger partial charge in [0.05, 0.1) is 11.8 Å². The second-order valence-corrected chi connectivity index (χ2v) is 5.18. The predicted octanol–water partition coefficient (Wildman–Crippen LogP) is 3.16. The largest absolute Gasteiger partial charge is 0.369 e. The lowest BCUT2D eigenvalue weighted by Gasteiger charge is -2.22. The fourth-order valence-corrected chi connectivity index (χ4v) is 1.87. The number of amides is 1. The first-order valence-corrected chi connectivity index (χ1v) is 7.14. The van der Waals surface area contributed by atoms with E-state index in [2.05, 4.69) is 24.1 Å². The van der Waals surface area contributed by atoms with Gasteiger partial charge in [-0.15, -0.1) is 0 Å². The van der Waals surface area contributed by atoms with Gasteiger partial charge >= 0.3 is 0 Å². The molecule has 1 unspecified atom stereocenters. The van der Waals surface area contributed by atoms with Crippen molar-refractivity contribution in [2.75, 3.05) is 25.5 Å². The van der Waals surface area contributed by atoms with Gasteiger partial charge in [-0.25, -0.2) is 9.37 Å². The molecular formula is C15H24FN3O. The van der Waals surface area contributed by atoms with Crippen molar-refractivity contribution in [3.8, 4) is 0 Å². The lowest BCUT2D eigenvalue weighted by molar-refractivity contribution is 0.0775. The van der Waals surface area contributed by atoms with Crippen LogP contribution in [-0.4, -0.2) is 35.9 Å². The molecule has 0 fully saturated rings. The number of hydrogen-bond acceptors (Lipinski definition) is 3. The fraction of sp³-hybridized carbons (Fsp3) is 0.600.